The molecule has 162 valence electrons. The summed E-state index contributed by atoms with van der Waals surface area (Å²) in [6, 6.07) is 7.24. The lowest BCUT2D eigenvalue weighted by Crippen LogP contribution is -2.45. The van der Waals surface area contributed by atoms with Crippen LogP contribution in [0.1, 0.15) is 30.5 Å². The molecule has 0 saturated heterocycles. The molecule has 1 heterocycles. The third kappa shape index (κ3) is 3.80. The standard InChI is InChI=1S/C21H21Cl2F3N2O2/c1-3-27(4-2)9-10-28-17-12-13(22)11-16(23)18(17)20(30,19(28)29)14-7-5-6-8-15(14)21(24,25)26/h5-8,11-12,30H,3-4,9-10H2,1-2H3. The van der Waals surface area contributed by atoms with Gasteiger partial charge in [0.2, 0.25) is 0 Å². The zero-order valence-electron chi connectivity index (χ0n) is 16.4. The molecule has 2 aromatic carbocycles. The Morgan fingerprint density at radius 2 is 1.77 bits per heavy atom. The van der Waals surface area contributed by atoms with Crippen molar-refractivity contribution in [2.24, 2.45) is 0 Å². The van der Waals surface area contributed by atoms with Gasteiger partial charge in [-0.2, -0.15) is 13.2 Å². The molecule has 9 heteroatoms. The summed E-state index contributed by atoms with van der Waals surface area (Å²) in [5, 5.41) is 11.7. The fourth-order valence-electron chi connectivity index (χ4n) is 3.84. The Morgan fingerprint density at radius 1 is 1.13 bits per heavy atom. The minimum absolute atomic E-state index is 0.0735. The first-order valence-corrected chi connectivity index (χ1v) is 10.2. The van der Waals surface area contributed by atoms with Gasteiger partial charge in [-0.3, -0.25) is 4.79 Å². The lowest BCUT2D eigenvalue weighted by atomic mass is 9.84. The van der Waals surface area contributed by atoms with Gasteiger partial charge >= 0.3 is 6.18 Å². The predicted molar refractivity (Wildman–Crippen MR) is 111 cm³/mol. The van der Waals surface area contributed by atoms with Crippen LogP contribution in [0.15, 0.2) is 36.4 Å². The smallest absolute Gasteiger partial charge is 0.372 e. The first kappa shape index (κ1) is 22.9. The van der Waals surface area contributed by atoms with Gasteiger partial charge in [-0.1, -0.05) is 55.2 Å². The highest BCUT2D eigenvalue weighted by Crippen LogP contribution is 2.51. The molecule has 0 saturated carbocycles. The maximum atomic E-state index is 13.7. The third-order valence-electron chi connectivity index (χ3n) is 5.40. The number of carbonyl (C=O) groups excluding carboxylic acids is 1. The van der Waals surface area contributed by atoms with Gasteiger partial charge in [0.25, 0.3) is 5.91 Å². The summed E-state index contributed by atoms with van der Waals surface area (Å²) in [6.45, 7) is 6.05. The molecule has 1 N–H and O–H groups in total. The second kappa shape index (κ2) is 8.38. The summed E-state index contributed by atoms with van der Waals surface area (Å²) in [6.07, 6.45) is -4.76. The first-order valence-electron chi connectivity index (χ1n) is 9.48. The van der Waals surface area contributed by atoms with E-state index in [9.17, 15) is 23.1 Å². The van der Waals surface area contributed by atoms with Gasteiger partial charge in [0.15, 0.2) is 5.60 Å². The molecular weight excluding hydrogens is 440 g/mol. The average Bonchev–Trinajstić information content (AvgIpc) is 2.90. The van der Waals surface area contributed by atoms with Gasteiger partial charge in [-0.15, -0.1) is 0 Å². The molecular formula is C21H21Cl2F3N2O2. The number of carbonyl (C=O) groups is 1. The molecule has 0 bridgehead atoms. The Bertz CT molecular complexity index is 964. The average molecular weight is 461 g/mol. The van der Waals surface area contributed by atoms with Crippen LogP contribution in [0.2, 0.25) is 10.0 Å². The van der Waals surface area contributed by atoms with Gasteiger partial charge in [0.1, 0.15) is 0 Å². The van der Waals surface area contributed by atoms with E-state index in [0.717, 1.165) is 25.2 Å². The van der Waals surface area contributed by atoms with Gasteiger partial charge in [-0.25, -0.2) is 0 Å². The van der Waals surface area contributed by atoms with E-state index >= 15 is 0 Å². The van der Waals surface area contributed by atoms with Gasteiger partial charge in [0.05, 0.1) is 16.3 Å². The lowest BCUT2D eigenvalue weighted by Gasteiger charge is -2.28. The number of hydrogen-bond donors (Lipinski definition) is 1. The highest BCUT2D eigenvalue weighted by molar-refractivity contribution is 6.37. The summed E-state index contributed by atoms with van der Waals surface area (Å²) in [5.74, 6) is -0.884. The van der Waals surface area contributed by atoms with Crippen LogP contribution in [0.5, 0.6) is 0 Å². The Labute approximate surface area is 182 Å². The molecule has 1 aliphatic heterocycles. The van der Waals surface area contributed by atoms with Gasteiger partial charge < -0.3 is 14.9 Å². The van der Waals surface area contributed by atoms with Crippen molar-refractivity contribution in [3.8, 4) is 0 Å². The number of benzene rings is 2. The summed E-state index contributed by atoms with van der Waals surface area (Å²) >= 11 is 12.4. The van der Waals surface area contributed by atoms with Crippen molar-refractivity contribution >= 4 is 34.8 Å². The molecule has 3 rings (SSSR count). The number of fused-ring (bicyclic) bond motifs is 1. The molecule has 4 nitrogen and oxygen atoms in total. The SMILES string of the molecule is CCN(CC)CCN1C(=O)C(O)(c2ccccc2C(F)(F)F)c2c(Cl)cc(Cl)cc21. The van der Waals surface area contributed by atoms with E-state index in [4.69, 9.17) is 23.2 Å². The number of aliphatic hydroxyl groups is 1. The van der Waals surface area contributed by atoms with E-state index in [1.807, 2.05) is 13.8 Å². The summed E-state index contributed by atoms with van der Waals surface area (Å²) < 4.78 is 41.1. The fraction of sp³-hybridized carbons (Fsp3) is 0.381. The van der Waals surface area contributed by atoms with Crippen LogP contribution in [-0.4, -0.2) is 42.1 Å². The molecule has 0 radical (unpaired) electrons. The summed E-state index contributed by atoms with van der Waals surface area (Å²) in [5.41, 5.74) is -4.10. The highest BCUT2D eigenvalue weighted by Gasteiger charge is 2.55. The topological polar surface area (TPSA) is 43.8 Å². The van der Waals surface area contributed by atoms with Crippen LogP contribution in [0.4, 0.5) is 18.9 Å². The second-order valence-electron chi connectivity index (χ2n) is 7.02. The number of amides is 1. The van der Waals surface area contributed by atoms with E-state index in [0.29, 0.717) is 6.54 Å². The van der Waals surface area contributed by atoms with Crippen molar-refractivity contribution in [3.63, 3.8) is 0 Å². The van der Waals surface area contributed by atoms with Crippen LogP contribution in [0.3, 0.4) is 0 Å². The van der Waals surface area contributed by atoms with Crippen LogP contribution >= 0.6 is 23.2 Å². The highest BCUT2D eigenvalue weighted by atomic mass is 35.5. The molecule has 1 aliphatic rings. The van der Waals surface area contributed by atoms with E-state index in [2.05, 4.69) is 4.90 Å². The Balaban J connectivity index is 2.20. The largest absolute Gasteiger partial charge is 0.416 e. The van der Waals surface area contributed by atoms with E-state index in [-0.39, 0.29) is 27.8 Å². The number of likely N-dealkylation sites (N-methyl/N-ethyl adjacent to an activating group) is 1. The molecule has 0 aromatic heterocycles. The van der Waals surface area contributed by atoms with Crippen molar-refractivity contribution in [2.75, 3.05) is 31.1 Å². The van der Waals surface area contributed by atoms with Crippen molar-refractivity contribution in [3.05, 3.63) is 63.1 Å². The van der Waals surface area contributed by atoms with Crippen LogP contribution in [0, 0.1) is 0 Å². The number of halogens is 5. The molecule has 1 amide bonds. The second-order valence-corrected chi connectivity index (χ2v) is 7.86. The van der Waals surface area contributed by atoms with Gasteiger partial charge in [0, 0.05) is 29.2 Å². The number of rotatable bonds is 6. The third-order valence-corrected chi connectivity index (χ3v) is 5.91. The van der Waals surface area contributed by atoms with Crippen LogP contribution < -0.4 is 4.90 Å². The van der Waals surface area contributed by atoms with Crippen molar-refractivity contribution in [1.82, 2.24) is 4.90 Å². The number of anilines is 1. The minimum atomic E-state index is -4.76. The van der Waals surface area contributed by atoms with Gasteiger partial charge in [-0.05, 0) is 31.3 Å². The van der Waals surface area contributed by atoms with E-state index in [1.165, 1.54) is 29.2 Å². The number of alkyl halides is 3. The quantitative estimate of drug-likeness (QED) is 0.663. The number of hydrogen-bond acceptors (Lipinski definition) is 3. The monoisotopic (exact) mass is 460 g/mol. The molecule has 1 atom stereocenters. The van der Waals surface area contributed by atoms with Crippen LogP contribution in [-0.2, 0) is 16.6 Å². The summed E-state index contributed by atoms with van der Waals surface area (Å²) in [7, 11) is 0. The maximum absolute atomic E-state index is 13.7. The molecule has 0 aliphatic carbocycles. The lowest BCUT2D eigenvalue weighted by molar-refractivity contribution is -0.142. The molecule has 1 unspecified atom stereocenters. The first-order chi connectivity index (χ1) is 14.1. The zero-order valence-corrected chi connectivity index (χ0v) is 17.9. The molecule has 30 heavy (non-hydrogen) atoms. The maximum Gasteiger partial charge on any atom is 0.416 e. The fourth-order valence-corrected chi connectivity index (χ4v) is 4.46. The van der Waals surface area contributed by atoms with Crippen molar-refractivity contribution < 1.29 is 23.1 Å². The van der Waals surface area contributed by atoms with Crippen molar-refractivity contribution in [1.29, 1.82) is 0 Å². The Kier molecular flexibility index (Phi) is 6.39. The normalized spacial score (nSPS) is 19.0. The number of nitrogens with zero attached hydrogens (tertiary/aromatic N) is 2. The zero-order chi connectivity index (χ0) is 22.3. The summed E-state index contributed by atoms with van der Waals surface area (Å²) in [4.78, 5) is 16.7. The van der Waals surface area contributed by atoms with Crippen LogP contribution in [0.25, 0.3) is 0 Å². The Hall–Kier alpha value is -1.80. The predicted octanol–water partition coefficient (Wildman–Crippen LogP) is 4.94. The van der Waals surface area contributed by atoms with Crippen molar-refractivity contribution in [2.45, 2.75) is 25.6 Å². The van der Waals surface area contributed by atoms with E-state index < -0.39 is 28.8 Å². The minimum Gasteiger partial charge on any atom is -0.372 e. The molecule has 0 spiro atoms. The molecule has 0 fully saturated rings. The van der Waals surface area contributed by atoms with E-state index in [1.54, 1.807) is 0 Å². The molecule has 2 aromatic rings. The Morgan fingerprint density at radius 3 is 2.37 bits per heavy atom.